The average molecular weight is 214 g/mol. The molecule has 0 saturated heterocycles. The monoisotopic (exact) mass is 213 g/mol. The van der Waals surface area contributed by atoms with Gasteiger partial charge in [-0.25, -0.2) is 0 Å². The zero-order valence-electron chi connectivity index (χ0n) is 9.02. The summed E-state index contributed by atoms with van der Waals surface area (Å²) in [6.07, 6.45) is 0. The maximum Gasteiger partial charge on any atom is 0.140 e. The van der Waals surface area contributed by atoms with E-state index in [1.165, 1.54) is 5.56 Å². The van der Waals surface area contributed by atoms with Crippen molar-refractivity contribution >= 4 is 11.6 Å². The molecule has 0 bridgehead atoms. The highest BCUT2D eigenvalue weighted by Crippen LogP contribution is 2.31. The third-order valence-electron chi connectivity index (χ3n) is 2.39. The molecule has 0 heterocycles. The Labute approximate surface area is 90.2 Å². The Hall–Kier alpha value is -0.730. The lowest BCUT2D eigenvalue weighted by atomic mass is 10.1. The van der Waals surface area contributed by atoms with Crippen molar-refractivity contribution in [2.45, 2.75) is 19.9 Å². The summed E-state index contributed by atoms with van der Waals surface area (Å²) in [4.78, 5) is 0. The molecule has 1 rings (SSSR count). The van der Waals surface area contributed by atoms with Crippen molar-refractivity contribution in [3.05, 3.63) is 28.3 Å². The number of rotatable bonds is 3. The minimum absolute atomic E-state index is 0.303. The van der Waals surface area contributed by atoms with Crippen LogP contribution in [0.1, 0.15) is 24.1 Å². The first-order chi connectivity index (χ1) is 6.60. The van der Waals surface area contributed by atoms with Crippen molar-refractivity contribution in [1.82, 2.24) is 5.32 Å². The van der Waals surface area contributed by atoms with E-state index in [2.05, 4.69) is 18.3 Å². The van der Waals surface area contributed by atoms with E-state index in [-0.39, 0.29) is 0 Å². The smallest absolute Gasteiger partial charge is 0.140 e. The standard InChI is InChI=1S/C11H16ClNO/c1-7-5-9(8(2)13-3)6-10(12)11(7)14-4/h5-6,8,13H,1-4H3. The van der Waals surface area contributed by atoms with E-state index < -0.39 is 0 Å². The molecule has 0 aliphatic carbocycles. The van der Waals surface area contributed by atoms with Gasteiger partial charge in [-0.15, -0.1) is 0 Å². The number of hydrogen-bond acceptors (Lipinski definition) is 2. The molecule has 0 spiro atoms. The normalized spacial score (nSPS) is 12.6. The van der Waals surface area contributed by atoms with Gasteiger partial charge in [0.1, 0.15) is 5.75 Å². The second kappa shape index (κ2) is 4.67. The third kappa shape index (κ3) is 2.20. The summed E-state index contributed by atoms with van der Waals surface area (Å²) in [5, 5.41) is 3.84. The molecule has 0 aromatic heterocycles. The molecule has 0 aliphatic heterocycles. The average Bonchev–Trinajstić information content (AvgIpc) is 2.16. The lowest BCUT2D eigenvalue weighted by Crippen LogP contribution is -2.12. The van der Waals surface area contributed by atoms with E-state index in [9.17, 15) is 0 Å². The molecule has 78 valence electrons. The van der Waals surface area contributed by atoms with Crippen LogP contribution in [0.15, 0.2) is 12.1 Å². The number of ether oxygens (including phenoxy) is 1. The first-order valence-corrected chi connectivity index (χ1v) is 4.99. The van der Waals surface area contributed by atoms with Crippen LogP contribution in [-0.2, 0) is 0 Å². The number of benzene rings is 1. The lowest BCUT2D eigenvalue weighted by Gasteiger charge is -2.14. The predicted molar refractivity (Wildman–Crippen MR) is 60.2 cm³/mol. The Kier molecular flexibility index (Phi) is 3.78. The van der Waals surface area contributed by atoms with Gasteiger partial charge in [0.15, 0.2) is 0 Å². The van der Waals surface area contributed by atoms with Gasteiger partial charge in [-0.1, -0.05) is 17.7 Å². The first kappa shape index (κ1) is 11.3. The Morgan fingerprint density at radius 2 is 2.07 bits per heavy atom. The predicted octanol–water partition coefficient (Wildman–Crippen LogP) is 2.94. The Morgan fingerprint density at radius 1 is 1.43 bits per heavy atom. The van der Waals surface area contributed by atoms with Crippen LogP contribution in [0, 0.1) is 6.92 Å². The van der Waals surface area contributed by atoms with Crippen molar-refractivity contribution in [1.29, 1.82) is 0 Å². The van der Waals surface area contributed by atoms with Crippen molar-refractivity contribution < 1.29 is 4.74 Å². The van der Waals surface area contributed by atoms with Crippen molar-refractivity contribution in [3.8, 4) is 5.75 Å². The molecule has 0 radical (unpaired) electrons. The largest absolute Gasteiger partial charge is 0.495 e. The van der Waals surface area contributed by atoms with Crippen molar-refractivity contribution in [2.75, 3.05) is 14.2 Å². The Balaban J connectivity index is 3.13. The van der Waals surface area contributed by atoms with Gasteiger partial charge in [0, 0.05) is 6.04 Å². The topological polar surface area (TPSA) is 21.3 Å². The fraction of sp³-hybridized carbons (Fsp3) is 0.455. The highest BCUT2D eigenvalue weighted by atomic mass is 35.5. The van der Waals surface area contributed by atoms with Gasteiger partial charge in [-0.2, -0.15) is 0 Å². The molecule has 1 atom stereocenters. The molecule has 3 heteroatoms. The van der Waals surface area contributed by atoms with Crippen LogP contribution in [0.2, 0.25) is 5.02 Å². The minimum Gasteiger partial charge on any atom is -0.495 e. The van der Waals surface area contributed by atoms with Crippen molar-refractivity contribution in [2.24, 2.45) is 0 Å². The van der Waals surface area contributed by atoms with Crippen LogP contribution in [0.25, 0.3) is 0 Å². The van der Waals surface area contributed by atoms with Gasteiger partial charge in [-0.05, 0) is 38.1 Å². The highest BCUT2D eigenvalue weighted by Gasteiger charge is 2.09. The van der Waals surface area contributed by atoms with Crippen LogP contribution >= 0.6 is 11.6 Å². The van der Waals surface area contributed by atoms with Crippen LogP contribution in [-0.4, -0.2) is 14.2 Å². The van der Waals surface area contributed by atoms with Crippen LogP contribution < -0.4 is 10.1 Å². The molecule has 1 unspecified atom stereocenters. The Morgan fingerprint density at radius 3 is 2.50 bits per heavy atom. The fourth-order valence-electron chi connectivity index (χ4n) is 1.43. The van der Waals surface area contributed by atoms with E-state index in [1.807, 2.05) is 20.0 Å². The molecule has 2 nitrogen and oxygen atoms in total. The highest BCUT2D eigenvalue weighted by molar-refractivity contribution is 6.32. The van der Waals surface area contributed by atoms with E-state index >= 15 is 0 Å². The number of methoxy groups -OCH3 is 1. The SMILES string of the molecule is CNC(C)c1cc(C)c(OC)c(Cl)c1. The Bertz CT molecular complexity index is 302. The second-order valence-corrected chi connectivity index (χ2v) is 3.77. The number of nitrogens with one attached hydrogen (secondary N) is 1. The second-order valence-electron chi connectivity index (χ2n) is 3.36. The van der Waals surface area contributed by atoms with E-state index in [4.69, 9.17) is 16.3 Å². The molecule has 14 heavy (non-hydrogen) atoms. The molecule has 1 N–H and O–H groups in total. The maximum absolute atomic E-state index is 6.08. The zero-order valence-corrected chi connectivity index (χ0v) is 9.77. The third-order valence-corrected chi connectivity index (χ3v) is 2.67. The maximum atomic E-state index is 6.08. The summed E-state index contributed by atoms with van der Waals surface area (Å²) in [5.41, 5.74) is 2.24. The van der Waals surface area contributed by atoms with Gasteiger partial charge in [0.2, 0.25) is 0 Å². The summed E-state index contributed by atoms with van der Waals surface area (Å²) >= 11 is 6.08. The quantitative estimate of drug-likeness (QED) is 0.834. The van der Waals surface area contributed by atoms with Crippen molar-refractivity contribution in [3.63, 3.8) is 0 Å². The number of halogens is 1. The molecular formula is C11H16ClNO. The number of aryl methyl sites for hydroxylation is 1. The van der Waals surface area contributed by atoms with E-state index in [1.54, 1.807) is 7.11 Å². The van der Waals surface area contributed by atoms with Gasteiger partial charge in [-0.3, -0.25) is 0 Å². The van der Waals surface area contributed by atoms with E-state index in [0.717, 1.165) is 11.3 Å². The lowest BCUT2D eigenvalue weighted by molar-refractivity contribution is 0.411. The molecule has 1 aromatic rings. The van der Waals surface area contributed by atoms with Gasteiger partial charge in [0.05, 0.1) is 12.1 Å². The zero-order chi connectivity index (χ0) is 10.7. The molecular weight excluding hydrogens is 198 g/mol. The minimum atomic E-state index is 0.303. The summed E-state index contributed by atoms with van der Waals surface area (Å²) in [7, 11) is 3.56. The van der Waals surface area contributed by atoms with Gasteiger partial charge in [0.25, 0.3) is 0 Å². The summed E-state index contributed by atoms with van der Waals surface area (Å²) in [6, 6.07) is 4.33. The molecule has 0 amide bonds. The van der Waals surface area contributed by atoms with Crippen LogP contribution in [0.5, 0.6) is 5.75 Å². The van der Waals surface area contributed by atoms with Crippen LogP contribution in [0.4, 0.5) is 0 Å². The van der Waals surface area contributed by atoms with E-state index in [0.29, 0.717) is 11.1 Å². The molecule has 1 aromatic carbocycles. The number of hydrogen-bond donors (Lipinski definition) is 1. The summed E-state index contributed by atoms with van der Waals surface area (Å²) in [6.45, 7) is 4.09. The van der Waals surface area contributed by atoms with Gasteiger partial charge >= 0.3 is 0 Å². The fourth-order valence-corrected chi connectivity index (χ4v) is 1.78. The van der Waals surface area contributed by atoms with Gasteiger partial charge < -0.3 is 10.1 Å². The van der Waals surface area contributed by atoms with Crippen LogP contribution in [0.3, 0.4) is 0 Å². The summed E-state index contributed by atoms with van der Waals surface area (Å²) < 4.78 is 5.19. The molecule has 0 aliphatic rings. The molecule has 0 fully saturated rings. The first-order valence-electron chi connectivity index (χ1n) is 4.61. The summed E-state index contributed by atoms with van der Waals surface area (Å²) in [5.74, 6) is 0.763. The molecule has 0 saturated carbocycles.